The molecule has 0 spiro atoms. The number of aryl methyl sites for hydroxylation is 3. The molecule has 0 aliphatic heterocycles. The first-order valence-electron chi connectivity index (χ1n) is 7.79. The Morgan fingerprint density at radius 2 is 1.43 bits per heavy atom. The Balaban J connectivity index is 1.80. The summed E-state index contributed by atoms with van der Waals surface area (Å²) < 4.78 is 2.74. The van der Waals surface area contributed by atoms with E-state index in [-0.39, 0.29) is 0 Å². The maximum Gasteiger partial charge on any atom is 0.0356 e. The molecule has 0 bridgehead atoms. The number of hydrogen-bond acceptors (Lipinski definition) is 2. The van der Waals surface area contributed by atoms with Gasteiger partial charge in [0.15, 0.2) is 0 Å². The molecule has 114 valence electrons. The topological polar surface area (TPSA) is 0 Å². The highest BCUT2D eigenvalue weighted by atomic mass is 32.2. The van der Waals surface area contributed by atoms with Crippen LogP contribution in [0.5, 0.6) is 0 Å². The van der Waals surface area contributed by atoms with Crippen molar-refractivity contribution < 1.29 is 0 Å². The predicted molar refractivity (Wildman–Crippen MR) is 104 cm³/mol. The van der Waals surface area contributed by atoms with Crippen LogP contribution in [-0.2, 0) is 0 Å². The molecule has 0 atom stereocenters. The molecule has 0 amide bonds. The monoisotopic (exact) mass is 334 g/mol. The van der Waals surface area contributed by atoms with E-state index in [0.29, 0.717) is 0 Å². The second-order valence-corrected chi connectivity index (χ2v) is 8.26. The van der Waals surface area contributed by atoms with Crippen molar-refractivity contribution in [3.05, 3.63) is 71.3 Å². The zero-order valence-corrected chi connectivity index (χ0v) is 15.1. The fourth-order valence-corrected chi connectivity index (χ4v) is 5.05. The number of fused-ring (bicyclic) bond motifs is 3. The Morgan fingerprint density at radius 3 is 2.30 bits per heavy atom. The molecule has 0 aliphatic rings. The normalized spacial score (nSPS) is 11.4. The molecular weight excluding hydrogens is 316 g/mol. The summed E-state index contributed by atoms with van der Waals surface area (Å²) in [4.78, 5) is 2.67. The third-order valence-electron chi connectivity index (χ3n) is 4.37. The molecule has 4 rings (SSSR count). The lowest BCUT2D eigenvalue weighted by molar-refractivity contribution is 1.21. The van der Waals surface area contributed by atoms with Gasteiger partial charge in [-0.25, -0.2) is 0 Å². The molecule has 4 aromatic rings. The number of rotatable bonds is 2. The van der Waals surface area contributed by atoms with Crippen molar-refractivity contribution in [1.82, 2.24) is 0 Å². The maximum absolute atomic E-state index is 2.34. The van der Waals surface area contributed by atoms with Crippen LogP contribution in [0.3, 0.4) is 0 Å². The summed E-state index contributed by atoms with van der Waals surface area (Å²) in [6, 6.07) is 20.1. The third-order valence-corrected chi connectivity index (χ3v) is 6.67. The van der Waals surface area contributed by atoms with Crippen LogP contribution >= 0.6 is 23.1 Å². The summed E-state index contributed by atoms with van der Waals surface area (Å²) in [5.74, 6) is 0. The molecule has 23 heavy (non-hydrogen) atoms. The molecule has 0 fully saturated rings. The van der Waals surface area contributed by atoms with E-state index in [1.807, 2.05) is 23.1 Å². The Hall–Kier alpha value is -1.77. The van der Waals surface area contributed by atoms with Crippen molar-refractivity contribution in [1.29, 1.82) is 0 Å². The van der Waals surface area contributed by atoms with Crippen LogP contribution in [0.15, 0.2) is 64.4 Å². The van der Waals surface area contributed by atoms with Gasteiger partial charge >= 0.3 is 0 Å². The minimum absolute atomic E-state index is 1.31. The molecule has 0 saturated carbocycles. The molecule has 3 aromatic carbocycles. The third kappa shape index (κ3) is 2.66. The minimum atomic E-state index is 1.31. The fourth-order valence-electron chi connectivity index (χ4n) is 2.94. The minimum Gasteiger partial charge on any atom is -0.135 e. The molecule has 0 nitrogen and oxygen atoms in total. The number of thiophene rings is 1. The Bertz CT molecular complexity index is 1020. The molecule has 1 aromatic heterocycles. The molecule has 2 heteroatoms. The van der Waals surface area contributed by atoms with Gasteiger partial charge in [-0.05, 0) is 67.8 Å². The number of hydrogen-bond donors (Lipinski definition) is 0. The molecule has 0 unspecified atom stereocenters. The lowest BCUT2D eigenvalue weighted by Crippen LogP contribution is -1.86. The van der Waals surface area contributed by atoms with Gasteiger partial charge in [0.2, 0.25) is 0 Å². The van der Waals surface area contributed by atoms with Crippen LogP contribution in [-0.4, -0.2) is 0 Å². The van der Waals surface area contributed by atoms with Crippen molar-refractivity contribution >= 4 is 43.3 Å². The van der Waals surface area contributed by atoms with E-state index in [1.165, 1.54) is 46.7 Å². The van der Waals surface area contributed by atoms with Crippen molar-refractivity contribution in [2.75, 3.05) is 0 Å². The summed E-state index contributed by atoms with van der Waals surface area (Å²) in [7, 11) is 0. The van der Waals surface area contributed by atoms with E-state index in [2.05, 4.69) is 75.4 Å². The quantitative estimate of drug-likeness (QED) is 0.375. The van der Waals surface area contributed by atoms with E-state index in [4.69, 9.17) is 0 Å². The van der Waals surface area contributed by atoms with Gasteiger partial charge in [-0.15, -0.1) is 11.3 Å². The van der Waals surface area contributed by atoms with Crippen LogP contribution in [0.4, 0.5) is 0 Å². The van der Waals surface area contributed by atoms with Gasteiger partial charge in [-0.3, -0.25) is 0 Å². The zero-order valence-electron chi connectivity index (χ0n) is 13.5. The summed E-state index contributed by atoms with van der Waals surface area (Å²) in [5.41, 5.74) is 4.08. The molecule has 0 aliphatic carbocycles. The van der Waals surface area contributed by atoms with Crippen LogP contribution < -0.4 is 0 Å². The lowest BCUT2D eigenvalue weighted by atomic mass is 10.1. The largest absolute Gasteiger partial charge is 0.135 e. The van der Waals surface area contributed by atoms with E-state index in [1.54, 1.807) is 0 Å². The first kappa shape index (κ1) is 14.8. The van der Waals surface area contributed by atoms with E-state index < -0.39 is 0 Å². The summed E-state index contributed by atoms with van der Waals surface area (Å²) in [5, 5.41) is 2.74. The first-order valence-corrected chi connectivity index (χ1v) is 9.42. The molecular formula is C21H18S2. The standard InChI is InChI=1S/C21H18S2/c1-13-10-15(3)21(11-14(13)2)22-16-8-9-20-18(12-16)17-6-4-5-7-19(17)23-20/h4-12H,1-3H3. The van der Waals surface area contributed by atoms with Crippen LogP contribution in [0.1, 0.15) is 16.7 Å². The lowest BCUT2D eigenvalue weighted by Gasteiger charge is -2.09. The number of benzene rings is 3. The fraction of sp³-hybridized carbons (Fsp3) is 0.143. The van der Waals surface area contributed by atoms with E-state index >= 15 is 0 Å². The Kier molecular flexibility index (Phi) is 3.67. The van der Waals surface area contributed by atoms with E-state index in [0.717, 1.165) is 0 Å². The summed E-state index contributed by atoms with van der Waals surface area (Å²) in [6.07, 6.45) is 0. The van der Waals surface area contributed by atoms with Crippen molar-refractivity contribution in [2.45, 2.75) is 30.6 Å². The second-order valence-electron chi connectivity index (χ2n) is 6.06. The Labute approximate surface area is 145 Å². The molecule has 0 saturated heterocycles. The SMILES string of the molecule is Cc1cc(C)c(Sc2ccc3sc4ccccc4c3c2)cc1C. The second kappa shape index (κ2) is 5.70. The average Bonchev–Trinajstić information content (AvgIpc) is 2.91. The van der Waals surface area contributed by atoms with Crippen LogP contribution in [0.2, 0.25) is 0 Å². The Morgan fingerprint density at radius 1 is 0.696 bits per heavy atom. The van der Waals surface area contributed by atoms with Crippen molar-refractivity contribution in [3.63, 3.8) is 0 Å². The maximum atomic E-state index is 2.34. The molecule has 0 N–H and O–H groups in total. The predicted octanol–water partition coefficient (Wildman–Crippen LogP) is 7.13. The average molecular weight is 335 g/mol. The first-order chi connectivity index (χ1) is 11.1. The molecule has 1 heterocycles. The van der Waals surface area contributed by atoms with Gasteiger partial charge in [0, 0.05) is 30.0 Å². The molecule has 0 radical (unpaired) electrons. The summed E-state index contributed by atoms with van der Waals surface area (Å²) in [6.45, 7) is 6.57. The van der Waals surface area contributed by atoms with Gasteiger partial charge in [-0.2, -0.15) is 0 Å². The highest BCUT2D eigenvalue weighted by Gasteiger charge is 2.08. The van der Waals surface area contributed by atoms with E-state index in [9.17, 15) is 0 Å². The van der Waals surface area contributed by atoms with Crippen LogP contribution in [0, 0.1) is 20.8 Å². The highest BCUT2D eigenvalue weighted by molar-refractivity contribution is 7.99. The highest BCUT2D eigenvalue weighted by Crippen LogP contribution is 2.38. The van der Waals surface area contributed by atoms with Gasteiger partial charge in [0.1, 0.15) is 0 Å². The van der Waals surface area contributed by atoms with Gasteiger partial charge in [0.05, 0.1) is 0 Å². The smallest absolute Gasteiger partial charge is 0.0356 e. The van der Waals surface area contributed by atoms with Crippen molar-refractivity contribution in [3.8, 4) is 0 Å². The van der Waals surface area contributed by atoms with Gasteiger partial charge in [-0.1, -0.05) is 36.0 Å². The summed E-state index contributed by atoms with van der Waals surface area (Å²) >= 11 is 3.74. The van der Waals surface area contributed by atoms with Crippen LogP contribution in [0.25, 0.3) is 20.2 Å². The van der Waals surface area contributed by atoms with Crippen molar-refractivity contribution in [2.24, 2.45) is 0 Å². The zero-order chi connectivity index (χ0) is 16.0. The van der Waals surface area contributed by atoms with Gasteiger partial charge in [0.25, 0.3) is 0 Å². The van der Waals surface area contributed by atoms with Gasteiger partial charge < -0.3 is 0 Å².